The summed E-state index contributed by atoms with van der Waals surface area (Å²) in [5, 5.41) is 5.44. The molecule has 0 radical (unpaired) electrons. The van der Waals surface area contributed by atoms with E-state index in [0.29, 0.717) is 6.61 Å². The van der Waals surface area contributed by atoms with Crippen molar-refractivity contribution in [2.45, 2.75) is 12.6 Å². The third-order valence-corrected chi connectivity index (χ3v) is 5.85. The molecule has 7 nitrogen and oxygen atoms in total. The molecule has 1 aliphatic heterocycles. The summed E-state index contributed by atoms with van der Waals surface area (Å²) < 4.78 is 7.92. The molecule has 1 fully saturated rings. The highest BCUT2D eigenvalue weighted by Crippen LogP contribution is 2.28. The second-order valence-electron chi connectivity index (χ2n) is 8.50. The van der Waals surface area contributed by atoms with E-state index in [9.17, 15) is 0 Å². The molecule has 0 spiro atoms. The lowest BCUT2D eigenvalue weighted by molar-refractivity contribution is -0.0349. The number of benzene rings is 1. The molecule has 0 N–H and O–H groups in total. The summed E-state index contributed by atoms with van der Waals surface area (Å²) in [5.41, 5.74) is 5.15. The molecule has 1 atom stereocenters. The zero-order valence-electron chi connectivity index (χ0n) is 18.8. The number of aromatic nitrogens is 4. The van der Waals surface area contributed by atoms with Crippen LogP contribution in [0.15, 0.2) is 60.9 Å². The first-order chi connectivity index (χ1) is 15.6. The van der Waals surface area contributed by atoms with Crippen molar-refractivity contribution < 1.29 is 4.74 Å². The molecule has 4 heterocycles. The van der Waals surface area contributed by atoms with Gasteiger partial charge in [-0.2, -0.15) is 5.10 Å². The second kappa shape index (κ2) is 8.68. The maximum absolute atomic E-state index is 6.12. The lowest BCUT2D eigenvalue weighted by Gasteiger charge is -2.33. The van der Waals surface area contributed by atoms with Gasteiger partial charge in [0.15, 0.2) is 0 Å². The van der Waals surface area contributed by atoms with Crippen LogP contribution in [0, 0.1) is 0 Å². The van der Waals surface area contributed by atoms with Crippen molar-refractivity contribution in [3.63, 3.8) is 0 Å². The normalized spacial score (nSPS) is 17.0. The molecule has 7 heteroatoms. The minimum absolute atomic E-state index is 0.0587. The van der Waals surface area contributed by atoms with Gasteiger partial charge >= 0.3 is 0 Å². The summed E-state index contributed by atoms with van der Waals surface area (Å²) in [6, 6.07) is 16.7. The number of pyridine rings is 2. The quantitative estimate of drug-likeness (QED) is 0.483. The van der Waals surface area contributed by atoms with Gasteiger partial charge in [0.2, 0.25) is 0 Å². The lowest BCUT2D eigenvalue weighted by atomic mass is 10.1. The van der Waals surface area contributed by atoms with Crippen LogP contribution in [0.25, 0.3) is 22.2 Å². The highest BCUT2D eigenvalue weighted by molar-refractivity contribution is 5.81. The molecule has 1 aromatic carbocycles. The lowest BCUT2D eigenvalue weighted by Crippen LogP contribution is -2.38. The predicted octanol–water partition coefficient (Wildman–Crippen LogP) is 3.67. The van der Waals surface area contributed by atoms with Crippen LogP contribution in [0.4, 0.5) is 5.82 Å². The van der Waals surface area contributed by atoms with E-state index in [4.69, 9.17) is 14.7 Å². The van der Waals surface area contributed by atoms with Gasteiger partial charge in [-0.15, -0.1) is 0 Å². The summed E-state index contributed by atoms with van der Waals surface area (Å²) in [7, 11) is 6.02. The molecule has 5 rings (SSSR count). The first-order valence-corrected chi connectivity index (χ1v) is 10.9. The largest absolute Gasteiger partial charge is 0.369 e. The van der Waals surface area contributed by atoms with E-state index >= 15 is 0 Å². The summed E-state index contributed by atoms with van der Waals surface area (Å²) in [4.78, 5) is 14.3. The SMILES string of the molecule is CN(C)c1nc2ccccc2cc1CN1CCOC(c2cccc(-c3cnn(C)c3)n2)C1. The van der Waals surface area contributed by atoms with Crippen LogP contribution in [-0.2, 0) is 18.3 Å². The molecule has 0 aliphatic carbocycles. The van der Waals surface area contributed by atoms with E-state index in [1.54, 1.807) is 4.68 Å². The Morgan fingerprint density at radius 3 is 2.78 bits per heavy atom. The molecule has 0 amide bonds. The van der Waals surface area contributed by atoms with Gasteiger partial charge < -0.3 is 9.64 Å². The number of ether oxygens (including phenoxy) is 1. The van der Waals surface area contributed by atoms with Gasteiger partial charge in [-0.1, -0.05) is 24.3 Å². The van der Waals surface area contributed by atoms with Crippen molar-refractivity contribution in [1.82, 2.24) is 24.6 Å². The van der Waals surface area contributed by atoms with Crippen LogP contribution in [0.5, 0.6) is 0 Å². The Kier molecular flexibility index (Phi) is 5.59. The van der Waals surface area contributed by atoms with Gasteiger partial charge in [0, 0.05) is 63.5 Å². The van der Waals surface area contributed by atoms with Gasteiger partial charge in [-0.25, -0.2) is 9.97 Å². The summed E-state index contributed by atoms with van der Waals surface area (Å²) in [5.74, 6) is 1.02. The molecule has 1 saturated heterocycles. The molecular formula is C25H28N6O. The predicted molar refractivity (Wildman–Crippen MR) is 126 cm³/mol. The van der Waals surface area contributed by atoms with Crippen molar-refractivity contribution in [2.75, 3.05) is 38.7 Å². The number of para-hydroxylation sites is 1. The van der Waals surface area contributed by atoms with Crippen LogP contribution in [0.3, 0.4) is 0 Å². The molecule has 164 valence electrons. The van der Waals surface area contributed by atoms with Gasteiger partial charge in [0.05, 0.1) is 29.7 Å². The minimum Gasteiger partial charge on any atom is -0.369 e. The van der Waals surface area contributed by atoms with Crippen molar-refractivity contribution in [2.24, 2.45) is 7.05 Å². The Labute approximate surface area is 188 Å². The number of anilines is 1. The highest BCUT2D eigenvalue weighted by Gasteiger charge is 2.24. The fourth-order valence-electron chi connectivity index (χ4n) is 4.26. The zero-order chi connectivity index (χ0) is 22.1. The summed E-state index contributed by atoms with van der Waals surface area (Å²) in [6.07, 6.45) is 3.77. The maximum Gasteiger partial charge on any atom is 0.133 e. The molecule has 0 saturated carbocycles. The van der Waals surface area contributed by atoms with E-state index in [2.05, 4.69) is 59.3 Å². The Bertz CT molecular complexity index is 1230. The first kappa shape index (κ1) is 20.6. The van der Waals surface area contributed by atoms with E-state index in [-0.39, 0.29) is 6.10 Å². The number of fused-ring (bicyclic) bond motifs is 1. The second-order valence-corrected chi connectivity index (χ2v) is 8.50. The maximum atomic E-state index is 6.12. The van der Waals surface area contributed by atoms with Crippen molar-refractivity contribution in [1.29, 1.82) is 0 Å². The third-order valence-electron chi connectivity index (χ3n) is 5.85. The Balaban J connectivity index is 1.38. The molecular weight excluding hydrogens is 400 g/mol. The van der Waals surface area contributed by atoms with E-state index < -0.39 is 0 Å². The monoisotopic (exact) mass is 428 g/mol. The Hall–Kier alpha value is -3.29. The highest BCUT2D eigenvalue weighted by atomic mass is 16.5. The fraction of sp³-hybridized carbons (Fsp3) is 0.320. The topological polar surface area (TPSA) is 59.3 Å². The van der Waals surface area contributed by atoms with Gasteiger partial charge in [0.1, 0.15) is 11.9 Å². The number of hydrogen-bond donors (Lipinski definition) is 0. The van der Waals surface area contributed by atoms with Crippen LogP contribution >= 0.6 is 0 Å². The van der Waals surface area contributed by atoms with E-state index in [1.165, 1.54) is 10.9 Å². The number of nitrogens with zero attached hydrogens (tertiary/aromatic N) is 6. The van der Waals surface area contributed by atoms with Gasteiger partial charge in [-0.3, -0.25) is 9.58 Å². The van der Waals surface area contributed by atoms with Gasteiger partial charge in [-0.05, 0) is 24.3 Å². The van der Waals surface area contributed by atoms with Crippen molar-refractivity contribution in [3.05, 3.63) is 72.2 Å². The molecule has 32 heavy (non-hydrogen) atoms. The standard InChI is InChI=1S/C25H28N6O/c1-29(2)25-19(13-18-7-4-5-8-21(18)28-25)16-31-11-12-32-24(17-31)23-10-6-9-22(27-23)20-14-26-30(3)15-20/h4-10,13-15,24H,11-12,16-17H2,1-3H3. The number of rotatable bonds is 5. The van der Waals surface area contributed by atoms with Crippen LogP contribution in [0.2, 0.25) is 0 Å². The molecule has 4 aromatic rings. The van der Waals surface area contributed by atoms with E-state index in [1.807, 2.05) is 37.6 Å². The summed E-state index contributed by atoms with van der Waals surface area (Å²) >= 11 is 0. The molecule has 1 aliphatic rings. The van der Waals surface area contributed by atoms with Crippen molar-refractivity contribution >= 4 is 16.7 Å². The summed E-state index contributed by atoms with van der Waals surface area (Å²) in [6.45, 7) is 3.19. The number of aryl methyl sites for hydroxylation is 1. The molecule has 1 unspecified atom stereocenters. The van der Waals surface area contributed by atoms with Crippen LogP contribution < -0.4 is 4.90 Å². The zero-order valence-corrected chi connectivity index (χ0v) is 18.8. The number of hydrogen-bond acceptors (Lipinski definition) is 6. The first-order valence-electron chi connectivity index (χ1n) is 10.9. The van der Waals surface area contributed by atoms with Crippen molar-refractivity contribution in [3.8, 4) is 11.3 Å². The number of morpholine rings is 1. The van der Waals surface area contributed by atoms with E-state index in [0.717, 1.165) is 47.9 Å². The Morgan fingerprint density at radius 1 is 1.09 bits per heavy atom. The average molecular weight is 429 g/mol. The average Bonchev–Trinajstić information content (AvgIpc) is 3.25. The minimum atomic E-state index is -0.0587. The smallest absolute Gasteiger partial charge is 0.133 e. The van der Waals surface area contributed by atoms with Crippen LogP contribution in [-0.4, -0.2) is 58.4 Å². The molecule has 0 bridgehead atoms. The van der Waals surface area contributed by atoms with Crippen LogP contribution in [0.1, 0.15) is 17.4 Å². The Morgan fingerprint density at radius 2 is 1.97 bits per heavy atom. The van der Waals surface area contributed by atoms with Gasteiger partial charge in [0.25, 0.3) is 0 Å². The third kappa shape index (κ3) is 4.22. The fourth-order valence-corrected chi connectivity index (χ4v) is 4.26. The molecule has 3 aromatic heterocycles.